The second-order valence-corrected chi connectivity index (χ2v) is 5.78. The van der Waals surface area contributed by atoms with Crippen LogP contribution in [0.1, 0.15) is 38.5 Å². The van der Waals surface area contributed by atoms with Crippen LogP contribution in [0.5, 0.6) is 0 Å². The van der Waals surface area contributed by atoms with Crippen LogP contribution in [-0.4, -0.2) is 30.6 Å². The van der Waals surface area contributed by atoms with Gasteiger partial charge in [-0.3, -0.25) is 14.4 Å². The van der Waals surface area contributed by atoms with Crippen molar-refractivity contribution in [2.75, 3.05) is 13.1 Å². The molecule has 2 rings (SSSR count). The molecule has 0 heterocycles. The SMILES string of the molecule is Cl.NCC1(C(=O)NCCC2C(=O)C=CC2=O)CCCCC1. The third-order valence-corrected chi connectivity index (χ3v) is 4.50. The van der Waals surface area contributed by atoms with E-state index in [9.17, 15) is 14.4 Å². The highest BCUT2D eigenvalue weighted by Crippen LogP contribution is 2.35. The molecule has 118 valence electrons. The van der Waals surface area contributed by atoms with Crippen molar-refractivity contribution in [1.82, 2.24) is 5.32 Å². The molecule has 3 N–H and O–H groups in total. The molecule has 0 atom stereocenters. The summed E-state index contributed by atoms with van der Waals surface area (Å²) in [5.41, 5.74) is 5.35. The second-order valence-electron chi connectivity index (χ2n) is 5.78. The molecule has 0 aromatic rings. The standard InChI is InChI=1S/C15H22N2O3.ClH/c16-10-15(7-2-1-3-8-15)14(20)17-9-6-11-12(18)4-5-13(11)19;/h4-5,11H,1-3,6-10,16H2,(H,17,20);1H. The highest BCUT2D eigenvalue weighted by atomic mass is 35.5. The van der Waals surface area contributed by atoms with Crippen LogP contribution in [0.3, 0.4) is 0 Å². The fraction of sp³-hybridized carbons (Fsp3) is 0.667. The monoisotopic (exact) mass is 314 g/mol. The van der Waals surface area contributed by atoms with E-state index in [2.05, 4.69) is 5.32 Å². The van der Waals surface area contributed by atoms with E-state index in [0.29, 0.717) is 19.5 Å². The molecule has 0 bridgehead atoms. The lowest BCUT2D eigenvalue weighted by Gasteiger charge is -2.34. The Hall–Kier alpha value is -1.20. The minimum Gasteiger partial charge on any atom is -0.356 e. The van der Waals surface area contributed by atoms with Gasteiger partial charge in [0, 0.05) is 13.1 Å². The summed E-state index contributed by atoms with van der Waals surface area (Å²) in [5, 5.41) is 2.86. The number of halogens is 1. The first-order chi connectivity index (χ1) is 9.59. The molecule has 5 nitrogen and oxygen atoms in total. The number of rotatable bonds is 5. The van der Waals surface area contributed by atoms with Gasteiger partial charge in [0.1, 0.15) is 0 Å². The van der Waals surface area contributed by atoms with Crippen molar-refractivity contribution in [2.45, 2.75) is 38.5 Å². The molecule has 2 aliphatic carbocycles. The molecule has 0 spiro atoms. The molecular weight excluding hydrogens is 292 g/mol. The molecule has 21 heavy (non-hydrogen) atoms. The average molecular weight is 315 g/mol. The Kier molecular flexibility index (Phi) is 6.55. The average Bonchev–Trinajstić information content (AvgIpc) is 2.79. The maximum atomic E-state index is 12.3. The molecule has 1 saturated carbocycles. The Labute approximate surface area is 131 Å². The zero-order chi connectivity index (χ0) is 14.6. The second kappa shape index (κ2) is 7.71. The van der Waals surface area contributed by atoms with Crippen LogP contribution in [0.25, 0.3) is 0 Å². The summed E-state index contributed by atoms with van der Waals surface area (Å²) in [6.45, 7) is 0.714. The fourth-order valence-corrected chi connectivity index (χ4v) is 3.09. The van der Waals surface area contributed by atoms with Crippen LogP contribution in [0, 0.1) is 11.3 Å². The van der Waals surface area contributed by atoms with Gasteiger partial charge >= 0.3 is 0 Å². The van der Waals surface area contributed by atoms with E-state index in [1.807, 2.05) is 0 Å². The molecule has 1 fully saturated rings. The molecular formula is C15H23ClN2O3. The fourth-order valence-electron chi connectivity index (χ4n) is 3.09. The van der Waals surface area contributed by atoms with Crippen molar-refractivity contribution < 1.29 is 14.4 Å². The van der Waals surface area contributed by atoms with Crippen molar-refractivity contribution in [2.24, 2.45) is 17.1 Å². The largest absolute Gasteiger partial charge is 0.356 e. The number of ketones is 2. The summed E-state index contributed by atoms with van der Waals surface area (Å²) in [4.78, 5) is 35.2. The van der Waals surface area contributed by atoms with Gasteiger partial charge in [-0.15, -0.1) is 12.4 Å². The first-order valence-electron chi connectivity index (χ1n) is 7.33. The molecule has 6 heteroatoms. The third-order valence-electron chi connectivity index (χ3n) is 4.50. The van der Waals surface area contributed by atoms with E-state index in [1.165, 1.54) is 12.2 Å². The number of carbonyl (C=O) groups excluding carboxylic acids is 3. The number of carbonyl (C=O) groups is 3. The Balaban J connectivity index is 0.00000220. The van der Waals surface area contributed by atoms with E-state index in [1.54, 1.807) is 0 Å². The van der Waals surface area contributed by atoms with Gasteiger partial charge in [-0.25, -0.2) is 0 Å². The number of nitrogens with one attached hydrogen (secondary N) is 1. The van der Waals surface area contributed by atoms with Gasteiger partial charge in [0.05, 0.1) is 11.3 Å². The van der Waals surface area contributed by atoms with Crippen LogP contribution < -0.4 is 11.1 Å². The number of nitrogens with two attached hydrogens (primary N) is 1. The summed E-state index contributed by atoms with van der Waals surface area (Å²) >= 11 is 0. The van der Waals surface area contributed by atoms with Crippen LogP contribution >= 0.6 is 12.4 Å². The van der Waals surface area contributed by atoms with Crippen LogP contribution in [0.15, 0.2) is 12.2 Å². The Morgan fingerprint density at radius 3 is 2.29 bits per heavy atom. The van der Waals surface area contributed by atoms with Crippen molar-refractivity contribution in [3.8, 4) is 0 Å². The van der Waals surface area contributed by atoms with E-state index >= 15 is 0 Å². The molecule has 0 aromatic carbocycles. The lowest BCUT2D eigenvalue weighted by Crippen LogP contribution is -2.47. The normalized spacial score (nSPS) is 21.2. The van der Waals surface area contributed by atoms with Crippen molar-refractivity contribution in [3.63, 3.8) is 0 Å². The minimum atomic E-state index is -0.601. The Morgan fingerprint density at radius 1 is 1.19 bits per heavy atom. The number of allylic oxidation sites excluding steroid dienone is 2. The summed E-state index contributed by atoms with van der Waals surface area (Å²) in [7, 11) is 0. The van der Waals surface area contributed by atoms with Crippen LogP contribution in [-0.2, 0) is 14.4 Å². The van der Waals surface area contributed by atoms with E-state index in [-0.39, 0.29) is 29.9 Å². The Morgan fingerprint density at radius 2 is 1.76 bits per heavy atom. The maximum Gasteiger partial charge on any atom is 0.227 e. The Bertz CT molecular complexity index is 424. The molecule has 2 aliphatic rings. The predicted molar refractivity (Wildman–Crippen MR) is 82.1 cm³/mol. The van der Waals surface area contributed by atoms with Crippen molar-refractivity contribution >= 4 is 29.9 Å². The molecule has 0 saturated heterocycles. The van der Waals surface area contributed by atoms with Gasteiger partial charge in [0.2, 0.25) is 5.91 Å². The number of hydrogen-bond donors (Lipinski definition) is 2. The zero-order valence-electron chi connectivity index (χ0n) is 12.1. The van der Waals surface area contributed by atoms with Crippen molar-refractivity contribution in [1.29, 1.82) is 0 Å². The van der Waals surface area contributed by atoms with E-state index in [4.69, 9.17) is 5.73 Å². The molecule has 0 unspecified atom stereocenters. The highest BCUT2D eigenvalue weighted by molar-refractivity contribution is 6.18. The quantitative estimate of drug-likeness (QED) is 0.745. The van der Waals surface area contributed by atoms with Crippen LogP contribution in [0.4, 0.5) is 0 Å². The smallest absolute Gasteiger partial charge is 0.227 e. The van der Waals surface area contributed by atoms with E-state index < -0.39 is 11.3 Å². The number of amides is 1. The molecule has 1 amide bonds. The molecule has 0 radical (unpaired) electrons. The first-order valence-corrected chi connectivity index (χ1v) is 7.33. The third kappa shape index (κ3) is 3.92. The number of hydrogen-bond acceptors (Lipinski definition) is 4. The first kappa shape index (κ1) is 17.9. The topological polar surface area (TPSA) is 89.3 Å². The van der Waals surface area contributed by atoms with E-state index in [0.717, 1.165) is 32.1 Å². The maximum absolute atomic E-state index is 12.3. The van der Waals surface area contributed by atoms with Gasteiger partial charge in [-0.1, -0.05) is 19.3 Å². The minimum absolute atomic E-state index is 0. The van der Waals surface area contributed by atoms with Crippen molar-refractivity contribution in [3.05, 3.63) is 12.2 Å². The molecule has 0 aromatic heterocycles. The summed E-state index contributed by atoms with van der Waals surface area (Å²) in [6, 6.07) is 0. The zero-order valence-corrected chi connectivity index (χ0v) is 12.9. The van der Waals surface area contributed by atoms with Gasteiger partial charge in [-0.2, -0.15) is 0 Å². The van der Waals surface area contributed by atoms with Gasteiger partial charge in [-0.05, 0) is 31.4 Å². The predicted octanol–water partition coefficient (Wildman–Crippen LogP) is 1.15. The highest BCUT2D eigenvalue weighted by Gasteiger charge is 2.38. The summed E-state index contributed by atoms with van der Waals surface area (Å²) in [5.74, 6) is -0.938. The van der Waals surface area contributed by atoms with Gasteiger partial charge in [0.15, 0.2) is 11.6 Å². The van der Waals surface area contributed by atoms with Gasteiger partial charge < -0.3 is 11.1 Å². The molecule has 0 aliphatic heterocycles. The van der Waals surface area contributed by atoms with Crippen LogP contribution in [0.2, 0.25) is 0 Å². The lowest BCUT2D eigenvalue weighted by molar-refractivity contribution is -0.133. The summed E-state index contributed by atoms with van der Waals surface area (Å²) < 4.78 is 0. The summed E-state index contributed by atoms with van der Waals surface area (Å²) in [6.07, 6.45) is 7.90. The van der Waals surface area contributed by atoms with Gasteiger partial charge in [0.25, 0.3) is 0 Å². The lowest BCUT2D eigenvalue weighted by atomic mass is 9.73.